The van der Waals surface area contributed by atoms with E-state index in [9.17, 15) is 8.42 Å². The van der Waals surface area contributed by atoms with E-state index in [0.717, 1.165) is 37.6 Å². The summed E-state index contributed by atoms with van der Waals surface area (Å²) in [6.07, 6.45) is 0. The fourth-order valence-corrected chi connectivity index (χ4v) is 4.01. The Kier molecular flexibility index (Phi) is 7.12. The van der Waals surface area contributed by atoms with Crippen LogP contribution in [0, 0.1) is 0 Å². The second kappa shape index (κ2) is 9.56. The van der Waals surface area contributed by atoms with Gasteiger partial charge in [0, 0.05) is 39.3 Å². The fraction of sp³-hybridized carbons (Fsp3) is 0.421. The van der Waals surface area contributed by atoms with Crippen LogP contribution in [0.5, 0.6) is 0 Å². The number of nitrogens with one attached hydrogen (secondary N) is 2. The van der Waals surface area contributed by atoms with Crippen molar-refractivity contribution in [1.82, 2.24) is 14.6 Å². The first-order chi connectivity index (χ1) is 13.4. The maximum Gasteiger partial charge on any atom is 0.213 e. The molecule has 1 fully saturated rings. The number of piperazine rings is 1. The third kappa shape index (κ3) is 6.07. The highest BCUT2D eigenvalue weighted by Gasteiger charge is 2.17. The molecule has 2 heterocycles. The molecule has 0 unspecified atom stereocenters. The highest BCUT2D eigenvalue weighted by molar-refractivity contribution is 7.89. The van der Waals surface area contributed by atoms with Crippen molar-refractivity contribution >= 4 is 33.3 Å². The van der Waals surface area contributed by atoms with Crippen LogP contribution in [-0.4, -0.2) is 63.8 Å². The number of hydrogen-bond donors (Lipinski definition) is 2. The standard InChI is InChI=1S/C19H26ClN5O2S/c1-24-10-12-25(13-11-24)18-8-7-17(20)19(23-18)21-9-14-28(26,27)22-15-16-5-3-2-4-6-16/h2-8,22H,9-15H2,1H3,(H,21,23). The van der Waals surface area contributed by atoms with E-state index in [1.807, 2.05) is 36.4 Å². The molecular formula is C19H26ClN5O2S. The smallest absolute Gasteiger partial charge is 0.213 e. The molecule has 152 valence electrons. The molecule has 0 radical (unpaired) electrons. The predicted molar refractivity (Wildman–Crippen MR) is 115 cm³/mol. The molecule has 0 atom stereocenters. The number of sulfonamides is 1. The summed E-state index contributed by atoms with van der Waals surface area (Å²) in [6.45, 7) is 4.28. The average Bonchev–Trinajstić information content (AvgIpc) is 2.69. The van der Waals surface area contributed by atoms with Crippen LogP contribution in [0.1, 0.15) is 5.56 Å². The molecule has 0 spiro atoms. The van der Waals surface area contributed by atoms with Gasteiger partial charge in [-0.3, -0.25) is 0 Å². The maximum absolute atomic E-state index is 12.2. The van der Waals surface area contributed by atoms with Gasteiger partial charge in [0.15, 0.2) is 0 Å². The van der Waals surface area contributed by atoms with Crippen molar-refractivity contribution in [3.8, 4) is 0 Å². The van der Waals surface area contributed by atoms with E-state index in [0.29, 0.717) is 10.8 Å². The van der Waals surface area contributed by atoms with Gasteiger partial charge in [-0.05, 0) is 24.7 Å². The van der Waals surface area contributed by atoms with Gasteiger partial charge in [-0.25, -0.2) is 18.1 Å². The lowest BCUT2D eigenvalue weighted by molar-refractivity contribution is 0.312. The summed E-state index contributed by atoms with van der Waals surface area (Å²) in [5.74, 6) is 1.30. The number of likely N-dealkylation sites (N-methyl/N-ethyl adjacent to an activating group) is 1. The van der Waals surface area contributed by atoms with Crippen LogP contribution in [0.25, 0.3) is 0 Å². The number of aromatic nitrogens is 1. The van der Waals surface area contributed by atoms with E-state index in [1.165, 1.54) is 0 Å². The molecule has 0 saturated carbocycles. The van der Waals surface area contributed by atoms with Gasteiger partial charge in [0.25, 0.3) is 0 Å². The number of halogens is 1. The Hall–Kier alpha value is -1.87. The largest absolute Gasteiger partial charge is 0.368 e. The summed E-state index contributed by atoms with van der Waals surface area (Å²) in [5, 5.41) is 3.54. The number of anilines is 2. The molecule has 1 saturated heterocycles. The molecule has 1 aromatic heterocycles. The topological polar surface area (TPSA) is 77.6 Å². The summed E-state index contributed by atoms with van der Waals surface area (Å²) < 4.78 is 27.0. The van der Waals surface area contributed by atoms with E-state index in [1.54, 1.807) is 6.07 Å². The Bertz CT molecular complexity index is 871. The van der Waals surface area contributed by atoms with Crippen molar-refractivity contribution in [3.05, 3.63) is 53.1 Å². The van der Waals surface area contributed by atoms with Gasteiger partial charge < -0.3 is 15.1 Å². The number of benzene rings is 1. The Morgan fingerprint density at radius 2 is 1.79 bits per heavy atom. The molecule has 2 aromatic rings. The maximum atomic E-state index is 12.2. The van der Waals surface area contributed by atoms with E-state index >= 15 is 0 Å². The van der Waals surface area contributed by atoms with Crippen LogP contribution in [0.3, 0.4) is 0 Å². The zero-order chi connectivity index (χ0) is 20.0. The minimum atomic E-state index is -3.40. The van der Waals surface area contributed by atoms with Crippen molar-refractivity contribution in [2.75, 3.05) is 55.7 Å². The quantitative estimate of drug-likeness (QED) is 0.676. The van der Waals surface area contributed by atoms with E-state index < -0.39 is 10.0 Å². The molecule has 1 aliphatic rings. The molecular weight excluding hydrogens is 398 g/mol. The third-order valence-corrected chi connectivity index (χ3v) is 6.29. The first-order valence-corrected chi connectivity index (χ1v) is 11.3. The Labute approximate surface area is 171 Å². The van der Waals surface area contributed by atoms with Crippen LogP contribution in [0.4, 0.5) is 11.6 Å². The molecule has 1 aliphatic heterocycles. The van der Waals surface area contributed by atoms with Gasteiger partial charge in [0.1, 0.15) is 11.6 Å². The van der Waals surface area contributed by atoms with Crippen LogP contribution >= 0.6 is 11.6 Å². The molecule has 1 aromatic carbocycles. The molecule has 0 bridgehead atoms. The Morgan fingerprint density at radius 3 is 2.50 bits per heavy atom. The average molecular weight is 424 g/mol. The minimum absolute atomic E-state index is 0.0589. The van der Waals surface area contributed by atoms with E-state index in [4.69, 9.17) is 11.6 Å². The fourth-order valence-electron chi connectivity index (χ4n) is 2.93. The van der Waals surface area contributed by atoms with Crippen LogP contribution in [-0.2, 0) is 16.6 Å². The Balaban J connectivity index is 1.53. The molecule has 9 heteroatoms. The first kappa shape index (κ1) is 20.9. The first-order valence-electron chi connectivity index (χ1n) is 9.28. The second-order valence-corrected chi connectivity index (χ2v) is 9.18. The zero-order valence-electron chi connectivity index (χ0n) is 15.9. The molecule has 0 amide bonds. The minimum Gasteiger partial charge on any atom is -0.368 e. The van der Waals surface area contributed by atoms with Crippen LogP contribution in [0.15, 0.2) is 42.5 Å². The van der Waals surface area contributed by atoms with Gasteiger partial charge in [-0.1, -0.05) is 41.9 Å². The number of nitrogens with zero attached hydrogens (tertiary/aromatic N) is 3. The lowest BCUT2D eigenvalue weighted by atomic mass is 10.2. The van der Waals surface area contributed by atoms with E-state index in [2.05, 4.69) is 31.9 Å². The third-order valence-electron chi connectivity index (χ3n) is 4.66. The SMILES string of the molecule is CN1CCN(c2ccc(Cl)c(NCCS(=O)(=O)NCc3ccccc3)n2)CC1. The number of rotatable bonds is 8. The highest BCUT2D eigenvalue weighted by Crippen LogP contribution is 2.24. The van der Waals surface area contributed by atoms with E-state index in [-0.39, 0.29) is 18.8 Å². The van der Waals surface area contributed by atoms with Crippen LogP contribution < -0.4 is 14.9 Å². The highest BCUT2D eigenvalue weighted by atomic mass is 35.5. The lowest BCUT2D eigenvalue weighted by Crippen LogP contribution is -2.44. The van der Waals surface area contributed by atoms with Gasteiger partial charge >= 0.3 is 0 Å². The lowest BCUT2D eigenvalue weighted by Gasteiger charge is -2.33. The van der Waals surface area contributed by atoms with Crippen LogP contribution in [0.2, 0.25) is 5.02 Å². The summed E-state index contributed by atoms with van der Waals surface area (Å²) in [5.41, 5.74) is 0.920. The van der Waals surface area contributed by atoms with Crippen molar-refractivity contribution in [1.29, 1.82) is 0 Å². The molecule has 0 aliphatic carbocycles. The van der Waals surface area contributed by atoms with Crippen molar-refractivity contribution in [2.45, 2.75) is 6.54 Å². The predicted octanol–water partition coefficient (Wildman–Crippen LogP) is 2.02. The van der Waals surface area contributed by atoms with Crippen molar-refractivity contribution in [3.63, 3.8) is 0 Å². The molecule has 28 heavy (non-hydrogen) atoms. The normalized spacial score (nSPS) is 15.6. The van der Waals surface area contributed by atoms with Gasteiger partial charge in [-0.2, -0.15) is 0 Å². The summed E-state index contributed by atoms with van der Waals surface area (Å²) in [6, 6.07) is 13.1. The molecule has 7 nitrogen and oxygen atoms in total. The summed E-state index contributed by atoms with van der Waals surface area (Å²) >= 11 is 6.23. The van der Waals surface area contributed by atoms with Gasteiger partial charge in [-0.15, -0.1) is 0 Å². The monoisotopic (exact) mass is 423 g/mol. The zero-order valence-corrected chi connectivity index (χ0v) is 17.5. The molecule has 2 N–H and O–H groups in total. The van der Waals surface area contributed by atoms with Crippen molar-refractivity contribution in [2.24, 2.45) is 0 Å². The van der Waals surface area contributed by atoms with Gasteiger partial charge in [0.05, 0.1) is 10.8 Å². The summed E-state index contributed by atoms with van der Waals surface area (Å²) in [4.78, 5) is 9.07. The summed E-state index contributed by atoms with van der Waals surface area (Å²) in [7, 11) is -1.30. The second-order valence-electron chi connectivity index (χ2n) is 6.84. The molecule has 3 rings (SSSR count). The Morgan fingerprint density at radius 1 is 1.07 bits per heavy atom. The number of hydrogen-bond acceptors (Lipinski definition) is 6. The van der Waals surface area contributed by atoms with Gasteiger partial charge in [0.2, 0.25) is 10.0 Å². The van der Waals surface area contributed by atoms with Crippen molar-refractivity contribution < 1.29 is 8.42 Å². The number of pyridine rings is 1.